The molecule has 0 bridgehead atoms. The molecule has 13 rings (SSSR count). The van der Waals surface area contributed by atoms with Crippen molar-refractivity contribution < 1.29 is 0 Å². The molecule has 9 aromatic carbocycles. The minimum Gasteiger partial charge on any atom is -0.278 e. The molecule has 3 aromatic heterocycles. The normalized spacial score (nSPS) is 13.1. The quantitative estimate of drug-likeness (QED) is 0.156. The van der Waals surface area contributed by atoms with Crippen molar-refractivity contribution in [3.05, 3.63) is 224 Å². The molecule has 0 saturated carbocycles. The second kappa shape index (κ2) is 14.6. The summed E-state index contributed by atoms with van der Waals surface area (Å²) < 4.78 is 4.47. The molecule has 0 radical (unpaired) electrons. The molecule has 7 heteroatoms. The van der Waals surface area contributed by atoms with Crippen LogP contribution in [0.3, 0.4) is 0 Å². The van der Waals surface area contributed by atoms with Gasteiger partial charge in [-0.2, -0.15) is 15.0 Å². The summed E-state index contributed by atoms with van der Waals surface area (Å²) in [7, 11) is -2.87. The molecule has 1 aliphatic heterocycles. The van der Waals surface area contributed by atoms with Crippen LogP contribution in [0.15, 0.2) is 234 Å². The monoisotopic (exact) mass is 851 g/mol. The first-order chi connectivity index (χ1) is 31.7. The molecule has 0 spiro atoms. The Labute approximate surface area is 375 Å². The van der Waals surface area contributed by atoms with Crippen molar-refractivity contribution in [2.75, 3.05) is 0 Å². The number of benzene rings is 9. The van der Waals surface area contributed by atoms with Gasteiger partial charge in [-0.3, -0.25) is 9.13 Å². The molecule has 4 heterocycles. The van der Waals surface area contributed by atoms with Gasteiger partial charge in [-0.1, -0.05) is 200 Å². The van der Waals surface area contributed by atoms with E-state index < -0.39 is 8.07 Å². The lowest BCUT2D eigenvalue weighted by Crippen LogP contribution is -2.76. The van der Waals surface area contributed by atoms with Crippen LogP contribution in [0.25, 0.3) is 78.0 Å². The largest absolute Gasteiger partial charge is 0.278 e. The summed E-state index contributed by atoms with van der Waals surface area (Å²) in [6.07, 6.45) is 0. The van der Waals surface area contributed by atoms with E-state index in [0.29, 0.717) is 17.7 Å². The van der Waals surface area contributed by atoms with Gasteiger partial charge in [-0.05, 0) is 68.3 Å². The lowest BCUT2D eigenvalue weighted by Gasteiger charge is -2.39. The van der Waals surface area contributed by atoms with Crippen LogP contribution < -0.4 is 20.7 Å². The van der Waals surface area contributed by atoms with Crippen molar-refractivity contribution in [2.45, 2.75) is 9.79 Å². The average molecular weight is 852 g/mol. The molecule has 0 fully saturated rings. The Morgan fingerprint density at radius 2 is 0.766 bits per heavy atom. The van der Waals surface area contributed by atoms with Crippen molar-refractivity contribution in [3.8, 4) is 34.4 Å². The Kier molecular flexibility index (Phi) is 8.41. The number of hydrogen-bond donors (Lipinski definition) is 0. The van der Waals surface area contributed by atoms with Gasteiger partial charge in [0.25, 0.3) is 0 Å². The fraction of sp³-hybridized carbons (Fsp3) is 0. The highest BCUT2D eigenvalue weighted by molar-refractivity contribution is 8.00. The fourth-order valence-corrected chi connectivity index (χ4v) is 17.1. The van der Waals surface area contributed by atoms with Crippen LogP contribution >= 0.6 is 11.8 Å². The summed E-state index contributed by atoms with van der Waals surface area (Å²) in [6, 6.07) is 81.3. The lowest BCUT2D eigenvalue weighted by molar-refractivity contribution is 0.893. The second-order valence-corrected chi connectivity index (χ2v) is 21.2. The third-order valence-electron chi connectivity index (χ3n) is 13.0. The minimum absolute atomic E-state index is 0.563. The third-order valence-corrected chi connectivity index (χ3v) is 19.3. The van der Waals surface area contributed by atoms with Gasteiger partial charge in [0.2, 0.25) is 11.9 Å². The van der Waals surface area contributed by atoms with E-state index in [1.807, 2.05) is 17.8 Å². The highest BCUT2D eigenvalue weighted by atomic mass is 32.2. The fourth-order valence-electron chi connectivity index (χ4n) is 10.2. The van der Waals surface area contributed by atoms with E-state index in [-0.39, 0.29) is 0 Å². The first-order valence-electron chi connectivity index (χ1n) is 21.6. The van der Waals surface area contributed by atoms with Crippen LogP contribution in [0.2, 0.25) is 0 Å². The molecule has 0 amide bonds. The van der Waals surface area contributed by atoms with Gasteiger partial charge in [0.15, 0.2) is 13.9 Å². The standard InChI is InChI=1S/C57H37N5SSi/c1-3-17-38(18-4-1)39-31-33-40(34-32-39)55-58-56(61-47-24-10-7-21-43(47)44-22-8-11-25-48(44)61)60-57(59-55)62-49-26-12-9-23-45(49)46-36-35-42(37-50(46)62)64(41-19-5-2-6-20-41)53-29-15-13-27-51(53)63-52-28-14-16-30-54(52)64/h1-37H. The Morgan fingerprint density at radius 1 is 0.328 bits per heavy atom. The molecule has 5 nitrogen and oxygen atoms in total. The van der Waals surface area contributed by atoms with Crippen LogP contribution in [0.5, 0.6) is 0 Å². The van der Waals surface area contributed by atoms with Gasteiger partial charge in [0, 0.05) is 36.9 Å². The molecule has 0 saturated heterocycles. The van der Waals surface area contributed by atoms with Gasteiger partial charge in [-0.15, -0.1) is 0 Å². The summed E-state index contributed by atoms with van der Waals surface area (Å²) in [5.41, 5.74) is 7.38. The van der Waals surface area contributed by atoms with Crippen LogP contribution in [-0.4, -0.2) is 32.2 Å². The molecule has 1 aliphatic rings. The van der Waals surface area contributed by atoms with Gasteiger partial charge in [0.05, 0.1) is 22.1 Å². The average Bonchev–Trinajstić information content (AvgIpc) is 3.89. The number of para-hydroxylation sites is 3. The first-order valence-corrected chi connectivity index (χ1v) is 24.4. The zero-order valence-electron chi connectivity index (χ0n) is 34.5. The van der Waals surface area contributed by atoms with Crippen molar-refractivity contribution in [1.29, 1.82) is 0 Å². The number of aromatic nitrogens is 5. The molecule has 0 unspecified atom stereocenters. The molecule has 300 valence electrons. The van der Waals surface area contributed by atoms with E-state index in [2.05, 4.69) is 228 Å². The summed E-state index contributed by atoms with van der Waals surface area (Å²) in [5.74, 6) is 1.73. The van der Waals surface area contributed by atoms with Crippen LogP contribution in [0.1, 0.15) is 0 Å². The zero-order chi connectivity index (χ0) is 42.2. The van der Waals surface area contributed by atoms with Crippen LogP contribution in [-0.2, 0) is 0 Å². The van der Waals surface area contributed by atoms with E-state index in [1.165, 1.54) is 30.5 Å². The lowest BCUT2D eigenvalue weighted by atomic mass is 10.0. The maximum atomic E-state index is 5.51. The summed E-state index contributed by atoms with van der Waals surface area (Å²) >= 11 is 1.88. The topological polar surface area (TPSA) is 48.5 Å². The first kappa shape index (κ1) is 36.8. The van der Waals surface area contributed by atoms with Crippen molar-refractivity contribution in [3.63, 3.8) is 0 Å². The van der Waals surface area contributed by atoms with E-state index in [0.717, 1.165) is 60.3 Å². The van der Waals surface area contributed by atoms with Crippen LogP contribution in [0.4, 0.5) is 0 Å². The van der Waals surface area contributed by atoms with Crippen molar-refractivity contribution >= 4 is 84.2 Å². The van der Waals surface area contributed by atoms with E-state index in [9.17, 15) is 0 Å². The highest BCUT2D eigenvalue weighted by Gasteiger charge is 2.47. The highest BCUT2D eigenvalue weighted by Crippen LogP contribution is 2.37. The van der Waals surface area contributed by atoms with Gasteiger partial charge in [-0.25, -0.2) is 0 Å². The van der Waals surface area contributed by atoms with Gasteiger partial charge in [0.1, 0.15) is 0 Å². The number of hydrogen-bond acceptors (Lipinski definition) is 4. The molecular formula is C57H37N5SSi. The maximum absolute atomic E-state index is 5.51. The number of rotatable bonds is 6. The SMILES string of the molecule is c1ccc(-c2ccc(-c3nc(-n4c5ccccc5c5ccccc54)nc(-n4c5ccccc5c5ccc([Si]6(c7ccccc7)c7ccccc7Sc7ccccc76)cc54)n3)cc2)cc1. The van der Waals surface area contributed by atoms with Gasteiger partial charge >= 0.3 is 0 Å². The summed E-state index contributed by atoms with van der Waals surface area (Å²) in [4.78, 5) is 18.9. The number of fused-ring (bicyclic) bond motifs is 8. The Morgan fingerprint density at radius 3 is 1.34 bits per heavy atom. The van der Waals surface area contributed by atoms with Gasteiger partial charge < -0.3 is 0 Å². The minimum atomic E-state index is -2.87. The smallest absolute Gasteiger partial charge is 0.240 e. The van der Waals surface area contributed by atoms with Crippen molar-refractivity contribution in [1.82, 2.24) is 24.1 Å². The Hall–Kier alpha value is -7.84. The number of nitrogens with zero attached hydrogens (tertiary/aromatic N) is 5. The predicted molar refractivity (Wildman–Crippen MR) is 267 cm³/mol. The van der Waals surface area contributed by atoms with E-state index in [4.69, 9.17) is 15.0 Å². The summed E-state index contributed by atoms with van der Waals surface area (Å²) in [5, 5.41) is 10.1. The Balaban J connectivity index is 1.11. The molecule has 0 atom stereocenters. The van der Waals surface area contributed by atoms with E-state index >= 15 is 0 Å². The third kappa shape index (κ3) is 5.54. The zero-order valence-corrected chi connectivity index (χ0v) is 36.3. The van der Waals surface area contributed by atoms with E-state index in [1.54, 1.807) is 0 Å². The molecule has 12 aromatic rings. The molecule has 0 aliphatic carbocycles. The van der Waals surface area contributed by atoms with Crippen LogP contribution in [0, 0.1) is 0 Å². The maximum Gasteiger partial charge on any atom is 0.240 e. The second-order valence-electron chi connectivity index (χ2n) is 16.4. The summed E-state index contributed by atoms with van der Waals surface area (Å²) in [6.45, 7) is 0. The molecule has 64 heavy (non-hydrogen) atoms. The molecule has 0 N–H and O–H groups in total. The Bertz CT molecular complexity index is 3670. The van der Waals surface area contributed by atoms with Crippen molar-refractivity contribution in [2.24, 2.45) is 0 Å². The predicted octanol–water partition coefficient (Wildman–Crippen LogP) is 11.2. The molecular weight excluding hydrogens is 815 g/mol.